The van der Waals surface area contributed by atoms with Crippen molar-refractivity contribution in [1.29, 1.82) is 0 Å². The summed E-state index contributed by atoms with van der Waals surface area (Å²) in [5, 5.41) is 5.06. The zero-order valence-corrected chi connectivity index (χ0v) is 13.1. The van der Waals surface area contributed by atoms with Gasteiger partial charge in [0.25, 0.3) is 5.91 Å². The molecule has 132 valence electrons. The van der Waals surface area contributed by atoms with Crippen LogP contribution in [0, 0.1) is 23.3 Å². The van der Waals surface area contributed by atoms with Gasteiger partial charge in [0.1, 0.15) is 17.5 Å². The van der Waals surface area contributed by atoms with Crippen LogP contribution in [0.15, 0.2) is 54.7 Å². The molecular weight excluding hydrogens is 350 g/mol. The van der Waals surface area contributed by atoms with Crippen molar-refractivity contribution in [2.75, 3.05) is 10.6 Å². The summed E-state index contributed by atoms with van der Waals surface area (Å²) in [4.78, 5) is 16.1. The number of amides is 1. The molecule has 1 amide bonds. The number of aromatic nitrogens is 1. The summed E-state index contributed by atoms with van der Waals surface area (Å²) >= 11 is 0. The fourth-order valence-electron chi connectivity index (χ4n) is 2.11. The second kappa shape index (κ2) is 7.22. The smallest absolute Gasteiger partial charge is 0.257 e. The van der Waals surface area contributed by atoms with Gasteiger partial charge in [0.2, 0.25) is 0 Å². The maximum absolute atomic E-state index is 13.6. The fourth-order valence-corrected chi connectivity index (χ4v) is 2.11. The molecule has 4 nitrogen and oxygen atoms in total. The van der Waals surface area contributed by atoms with Gasteiger partial charge in [0.15, 0.2) is 11.6 Å². The van der Waals surface area contributed by atoms with Crippen LogP contribution < -0.4 is 10.6 Å². The second-order valence-electron chi connectivity index (χ2n) is 5.26. The van der Waals surface area contributed by atoms with Crippen molar-refractivity contribution in [2.45, 2.75) is 0 Å². The van der Waals surface area contributed by atoms with Gasteiger partial charge in [-0.15, -0.1) is 0 Å². The van der Waals surface area contributed by atoms with Crippen molar-refractivity contribution in [3.8, 4) is 0 Å². The quantitative estimate of drug-likeness (QED) is 0.666. The first-order valence-corrected chi connectivity index (χ1v) is 7.37. The minimum absolute atomic E-state index is 0.129. The largest absolute Gasteiger partial charge is 0.340 e. The Labute approximate surface area is 145 Å². The summed E-state index contributed by atoms with van der Waals surface area (Å²) in [5.74, 6) is -3.98. The van der Waals surface area contributed by atoms with Crippen LogP contribution in [0.5, 0.6) is 0 Å². The molecule has 2 aromatic carbocycles. The summed E-state index contributed by atoms with van der Waals surface area (Å²) in [6.07, 6.45) is 1.22. The molecule has 0 aliphatic carbocycles. The second-order valence-corrected chi connectivity index (χ2v) is 5.26. The van der Waals surface area contributed by atoms with Gasteiger partial charge in [-0.1, -0.05) is 0 Å². The Kier molecular flexibility index (Phi) is 4.83. The molecule has 0 bridgehead atoms. The van der Waals surface area contributed by atoms with E-state index < -0.39 is 29.2 Å². The number of pyridine rings is 1. The van der Waals surface area contributed by atoms with Crippen molar-refractivity contribution in [2.24, 2.45) is 0 Å². The first-order chi connectivity index (χ1) is 12.4. The van der Waals surface area contributed by atoms with E-state index in [9.17, 15) is 22.4 Å². The normalized spacial score (nSPS) is 10.5. The number of rotatable bonds is 4. The maximum Gasteiger partial charge on any atom is 0.257 e. The SMILES string of the molecule is O=C(Nc1ccc(F)cc1F)c1ccc(Nc2ccc(F)c(F)c2)nc1. The molecule has 0 aliphatic heterocycles. The number of benzene rings is 2. The average Bonchev–Trinajstić information content (AvgIpc) is 2.61. The van der Waals surface area contributed by atoms with Gasteiger partial charge < -0.3 is 10.6 Å². The fraction of sp³-hybridized carbons (Fsp3) is 0. The molecule has 1 heterocycles. The summed E-state index contributed by atoms with van der Waals surface area (Å²) in [7, 11) is 0. The monoisotopic (exact) mass is 361 g/mol. The van der Waals surface area contributed by atoms with E-state index in [4.69, 9.17) is 0 Å². The lowest BCUT2D eigenvalue weighted by Gasteiger charge is -2.08. The van der Waals surface area contributed by atoms with Crippen LogP contribution in [0.3, 0.4) is 0 Å². The molecule has 3 aromatic rings. The molecule has 0 saturated heterocycles. The number of carbonyl (C=O) groups excluding carboxylic acids is 1. The number of nitrogens with zero attached hydrogens (tertiary/aromatic N) is 1. The molecule has 3 rings (SSSR count). The van der Waals surface area contributed by atoms with Crippen LogP contribution in [-0.4, -0.2) is 10.9 Å². The van der Waals surface area contributed by atoms with Crippen LogP contribution in [-0.2, 0) is 0 Å². The zero-order valence-electron chi connectivity index (χ0n) is 13.1. The summed E-state index contributed by atoms with van der Waals surface area (Å²) in [6.45, 7) is 0. The summed E-state index contributed by atoms with van der Waals surface area (Å²) < 4.78 is 52.5. The molecule has 0 aliphatic rings. The molecule has 0 unspecified atom stereocenters. The Morgan fingerprint density at radius 2 is 1.65 bits per heavy atom. The van der Waals surface area contributed by atoms with Crippen molar-refractivity contribution in [3.63, 3.8) is 0 Å². The molecular formula is C18H11F4N3O. The molecule has 8 heteroatoms. The summed E-state index contributed by atoms with van der Waals surface area (Å²) in [5.41, 5.74) is 0.243. The molecule has 0 saturated carbocycles. The Bertz CT molecular complexity index is 961. The van der Waals surface area contributed by atoms with Gasteiger partial charge in [-0.2, -0.15) is 0 Å². The first-order valence-electron chi connectivity index (χ1n) is 7.37. The standard InChI is InChI=1S/C18H11F4N3O/c19-11-2-5-16(15(22)7-11)25-18(26)10-1-6-17(23-9-10)24-12-3-4-13(20)14(21)8-12/h1-9H,(H,23,24)(H,25,26). The van der Waals surface area contributed by atoms with E-state index in [-0.39, 0.29) is 16.9 Å². The molecule has 0 radical (unpaired) electrons. The van der Waals surface area contributed by atoms with E-state index in [1.807, 2.05) is 0 Å². The molecule has 26 heavy (non-hydrogen) atoms. The highest BCUT2D eigenvalue weighted by molar-refractivity contribution is 6.04. The van der Waals surface area contributed by atoms with Crippen LogP contribution in [0.25, 0.3) is 0 Å². The van der Waals surface area contributed by atoms with Gasteiger partial charge in [0, 0.05) is 24.0 Å². The number of anilines is 3. The third kappa shape index (κ3) is 3.97. The highest BCUT2D eigenvalue weighted by Crippen LogP contribution is 2.19. The predicted molar refractivity (Wildman–Crippen MR) is 88.2 cm³/mol. The van der Waals surface area contributed by atoms with Gasteiger partial charge >= 0.3 is 0 Å². The van der Waals surface area contributed by atoms with E-state index in [1.165, 1.54) is 24.4 Å². The molecule has 0 atom stereocenters. The van der Waals surface area contributed by atoms with Gasteiger partial charge in [-0.3, -0.25) is 4.79 Å². The topological polar surface area (TPSA) is 54.0 Å². The Hall–Kier alpha value is -3.42. The third-order valence-electron chi connectivity index (χ3n) is 3.40. The average molecular weight is 361 g/mol. The molecule has 2 N–H and O–H groups in total. The van der Waals surface area contributed by atoms with Crippen LogP contribution in [0.4, 0.5) is 34.8 Å². The van der Waals surface area contributed by atoms with E-state index in [0.717, 1.165) is 24.3 Å². The predicted octanol–water partition coefficient (Wildman–Crippen LogP) is 4.63. The molecule has 0 spiro atoms. The Morgan fingerprint density at radius 3 is 2.31 bits per heavy atom. The zero-order chi connectivity index (χ0) is 18.7. The van der Waals surface area contributed by atoms with E-state index in [0.29, 0.717) is 11.9 Å². The van der Waals surface area contributed by atoms with E-state index in [1.54, 1.807) is 0 Å². The minimum Gasteiger partial charge on any atom is -0.340 e. The number of hydrogen-bond donors (Lipinski definition) is 2. The van der Waals surface area contributed by atoms with Crippen LogP contribution in [0.2, 0.25) is 0 Å². The van der Waals surface area contributed by atoms with Crippen molar-refractivity contribution in [1.82, 2.24) is 4.98 Å². The van der Waals surface area contributed by atoms with E-state index in [2.05, 4.69) is 15.6 Å². The van der Waals surface area contributed by atoms with Gasteiger partial charge in [-0.05, 0) is 36.4 Å². The number of carbonyl (C=O) groups is 1. The third-order valence-corrected chi connectivity index (χ3v) is 3.40. The highest BCUT2D eigenvalue weighted by atomic mass is 19.2. The summed E-state index contributed by atoms with van der Waals surface area (Å²) in [6, 6.07) is 8.90. The van der Waals surface area contributed by atoms with Crippen molar-refractivity contribution < 1.29 is 22.4 Å². The van der Waals surface area contributed by atoms with Gasteiger partial charge in [0.05, 0.1) is 11.3 Å². The Morgan fingerprint density at radius 1 is 0.846 bits per heavy atom. The maximum atomic E-state index is 13.6. The van der Waals surface area contributed by atoms with Crippen LogP contribution >= 0.6 is 0 Å². The number of nitrogens with one attached hydrogen (secondary N) is 2. The minimum atomic E-state index is -1.01. The number of halogens is 4. The lowest BCUT2D eigenvalue weighted by atomic mass is 10.2. The first kappa shape index (κ1) is 17.4. The van der Waals surface area contributed by atoms with Crippen molar-refractivity contribution in [3.05, 3.63) is 83.6 Å². The van der Waals surface area contributed by atoms with Gasteiger partial charge in [-0.25, -0.2) is 22.5 Å². The van der Waals surface area contributed by atoms with Crippen LogP contribution in [0.1, 0.15) is 10.4 Å². The molecule has 0 fully saturated rings. The Balaban J connectivity index is 1.70. The van der Waals surface area contributed by atoms with Crippen molar-refractivity contribution >= 4 is 23.1 Å². The lowest BCUT2D eigenvalue weighted by Crippen LogP contribution is -2.13. The number of hydrogen-bond acceptors (Lipinski definition) is 3. The highest BCUT2D eigenvalue weighted by Gasteiger charge is 2.11. The lowest BCUT2D eigenvalue weighted by molar-refractivity contribution is 0.102. The molecule has 1 aromatic heterocycles. The van der Waals surface area contributed by atoms with E-state index >= 15 is 0 Å².